The van der Waals surface area contributed by atoms with Crippen LogP contribution in [0.15, 0.2) is 0 Å². The molecule has 0 fully saturated rings. The monoisotopic (exact) mass is 232 g/mol. The first-order chi connectivity index (χ1) is 7.68. The lowest BCUT2D eigenvalue weighted by Crippen LogP contribution is -2.32. The van der Waals surface area contributed by atoms with Crippen molar-refractivity contribution in [2.45, 2.75) is 54.4 Å². The zero-order chi connectivity index (χ0) is 13.4. The van der Waals surface area contributed by atoms with Crippen LogP contribution in [0.1, 0.15) is 54.4 Å². The third kappa shape index (κ3) is 19.1. The summed E-state index contributed by atoms with van der Waals surface area (Å²) in [5, 5.41) is 3.28. The molecule has 0 spiro atoms. The molecule has 0 saturated heterocycles. The molecule has 0 aliphatic rings. The van der Waals surface area contributed by atoms with Gasteiger partial charge in [0, 0.05) is 27.1 Å². The second-order valence-electron chi connectivity index (χ2n) is 3.04. The van der Waals surface area contributed by atoms with E-state index in [2.05, 4.69) is 12.2 Å². The van der Waals surface area contributed by atoms with Gasteiger partial charge in [0.25, 0.3) is 0 Å². The van der Waals surface area contributed by atoms with E-state index in [0.29, 0.717) is 0 Å². The molecule has 0 aromatic carbocycles. The minimum absolute atomic E-state index is 0.132. The van der Waals surface area contributed by atoms with Crippen molar-refractivity contribution in [1.82, 2.24) is 10.2 Å². The van der Waals surface area contributed by atoms with Crippen LogP contribution in [0.2, 0.25) is 0 Å². The number of carbonyl (C=O) groups excluding carboxylic acids is 1. The molecule has 16 heavy (non-hydrogen) atoms. The van der Waals surface area contributed by atoms with E-state index in [-0.39, 0.29) is 5.91 Å². The fourth-order valence-electron chi connectivity index (χ4n) is 0.831. The highest BCUT2D eigenvalue weighted by Crippen LogP contribution is 1.83. The molecule has 0 aliphatic carbocycles. The number of nitrogens with zero attached hydrogens (tertiary/aromatic N) is 1. The molecule has 0 aliphatic heterocycles. The van der Waals surface area contributed by atoms with Gasteiger partial charge in [-0.25, -0.2) is 0 Å². The minimum Gasteiger partial charge on any atom is -0.345 e. The van der Waals surface area contributed by atoms with E-state index in [9.17, 15) is 4.79 Å². The highest BCUT2D eigenvalue weighted by molar-refractivity contribution is 5.72. The fourth-order valence-corrected chi connectivity index (χ4v) is 0.831. The number of amides is 1. The van der Waals surface area contributed by atoms with Crippen molar-refractivity contribution in [3.05, 3.63) is 0 Å². The second-order valence-corrected chi connectivity index (χ2v) is 3.04. The Labute approximate surface area is 103 Å². The molecular formula is C13H32N2O. The van der Waals surface area contributed by atoms with Crippen LogP contribution in [0.4, 0.5) is 0 Å². The van der Waals surface area contributed by atoms with Crippen LogP contribution in [0.25, 0.3) is 0 Å². The number of unbranched alkanes of at least 4 members (excludes halogenated alkanes) is 1. The number of hydrogen-bond donors (Lipinski definition) is 1. The van der Waals surface area contributed by atoms with E-state index in [1.54, 1.807) is 11.8 Å². The SMILES string of the molecule is CC.CC.CCCCNCCN(C)C(C)=O. The topological polar surface area (TPSA) is 32.3 Å². The average Bonchev–Trinajstić information content (AvgIpc) is 2.33. The second kappa shape index (κ2) is 19.9. The summed E-state index contributed by atoms with van der Waals surface area (Å²) in [7, 11) is 1.82. The van der Waals surface area contributed by atoms with Gasteiger partial charge >= 0.3 is 0 Å². The summed E-state index contributed by atoms with van der Waals surface area (Å²) in [6.45, 7) is 14.5. The Morgan fingerprint density at radius 1 is 1.12 bits per heavy atom. The maximum atomic E-state index is 10.8. The van der Waals surface area contributed by atoms with E-state index in [4.69, 9.17) is 0 Å². The van der Waals surface area contributed by atoms with Crippen molar-refractivity contribution in [1.29, 1.82) is 0 Å². The van der Waals surface area contributed by atoms with E-state index >= 15 is 0 Å². The Hall–Kier alpha value is -0.570. The standard InChI is InChI=1S/C9H20N2O.2C2H6/c1-4-5-6-10-7-8-11(3)9(2)12;2*1-2/h10H,4-8H2,1-3H3;2*1-2H3. The third-order valence-electron chi connectivity index (χ3n) is 1.87. The number of carbonyl (C=O) groups is 1. The molecule has 3 nitrogen and oxygen atoms in total. The van der Waals surface area contributed by atoms with Crippen molar-refractivity contribution < 1.29 is 4.79 Å². The van der Waals surface area contributed by atoms with Gasteiger partial charge < -0.3 is 10.2 Å². The van der Waals surface area contributed by atoms with Crippen molar-refractivity contribution in [2.24, 2.45) is 0 Å². The lowest BCUT2D eigenvalue weighted by Gasteiger charge is -2.14. The molecule has 1 N–H and O–H groups in total. The Morgan fingerprint density at radius 3 is 2.00 bits per heavy atom. The predicted molar refractivity (Wildman–Crippen MR) is 73.8 cm³/mol. The maximum absolute atomic E-state index is 10.8. The quantitative estimate of drug-likeness (QED) is 0.714. The highest BCUT2D eigenvalue weighted by Gasteiger charge is 1.99. The zero-order valence-electron chi connectivity index (χ0n) is 12.4. The van der Waals surface area contributed by atoms with Crippen LogP contribution >= 0.6 is 0 Å². The van der Waals surface area contributed by atoms with Gasteiger partial charge in [-0.1, -0.05) is 41.0 Å². The summed E-state index contributed by atoms with van der Waals surface area (Å²) < 4.78 is 0. The Bertz CT molecular complexity index is 127. The molecule has 3 heteroatoms. The molecule has 1 amide bonds. The van der Waals surface area contributed by atoms with Crippen LogP contribution in [-0.4, -0.2) is 37.5 Å². The molecule has 0 heterocycles. The van der Waals surface area contributed by atoms with Gasteiger partial charge in [0.2, 0.25) is 5.91 Å². The number of rotatable bonds is 6. The summed E-state index contributed by atoms with van der Waals surface area (Å²) in [4.78, 5) is 12.5. The summed E-state index contributed by atoms with van der Waals surface area (Å²) in [5.74, 6) is 0.132. The maximum Gasteiger partial charge on any atom is 0.219 e. The van der Waals surface area contributed by atoms with Crippen molar-refractivity contribution in [2.75, 3.05) is 26.7 Å². The summed E-state index contributed by atoms with van der Waals surface area (Å²) in [5.41, 5.74) is 0. The lowest BCUT2D eigenvalue weighted by atomic mass is 10.3. The normalized spacial score (nSPS) is 8.19. The van der Waals surface area contributed by atoms with Crippen LogP contribution < -0.4 is 5.32 Å². The van der Waals surface area contributed by atoms with Gasteiger partial charge in [0.1, 0.15) is 0 Å². The summed E-state index contributed by atoms with van der Waals surface area (Å²) in [6, 6.07) is 0. The summed E-state index contributed by atoms with van der Waals surface area (Å²) in [6.07, 6.45) is 2.43. The molecule has 0 bridgehead atoms. The lowest BCUT2D eigenvalue weighted by molar-refractivity contribution is -0.127. The molecule has 0 unspecified atom stereocenters. The first kappa shape index (κ1) is 20.8. The predicted octanol–water partition coefficient (Wildman–Crippen LogP) is 2.91. The van der Waals surface area contributed by atoms with Crippen LogP contribution in [0.3, 0.4) is 0 Å². The molecule has 0 aromatic rings. The van der Waals surface area contributed by atoms with Gasteiger partial charge in [-0.2, -0.15) is 0 Å². The van der Waals surface area contributed by atoms with Crippen molar-refractivity contribution in [3.63, 3.8) is 0 Å². The van der Waals surface area contributed by atoms with Gasteiger partial charge in [0.05, 0.1) is 0 Å². The molecule has 0 aromatic heterocycles. The Kier molecular flexibility index (Phi) is 25.9. The highest BCUT2D eigenvalue weighted by atomic mass is 16.2. The minimum atomic E-state index is 0.132. The van der Waals surface area contributed by atoms with Crippen LogP contribution in [-0.2, 0) is 4.79 Å². The van der Waals surface area contributed by atoms with Gasteiger partial charge in [-0.3, -0.25) is 4.79 Å². The largest absolute Gasteiger partial charge is 0.345 e. The number of likely N-dealkylation sites (N-methyl/N-ethyl adjacent to an activating group) is 1. The van der Waals surface area contributed by atoms with Crippen molar-refractivity contribution >= 4 is 5.91 Å². The summed E-state index contributed by atoms with van der Waals surface area (Å²) >= 11 is 0. The van der Waals surface area contributed by atoms with E-state index in [1.807, 2.05) is 34.7 Å². The van der Waals surface area contributed by atoms with Gasteiger partial charge in [-0.15, -0.1) is 0 Å². The van der Waals surface area contributed by atoms with Crippen molar-refractivity contribution in [3.8, 4) is 0 Å². The van der Waals surface area contributed by atoms with E-state index in [1.165, 1.54) is 12.8 Å². The van der Waals surface area contributed by atoms with E-state index in [0.717, 1.165) is 19.6 Å². The number of hydrogen-bond acceptors (Lipinski definition) is 2. The Balaban J connectivity index is -0.000000376. The molecule has 100 valence electrons. The molecular weight excluding hydrogens is 200 g/mol. The first-order valence-electron chi connectivity index (χ1n) is 6.61. The van der Waals surface area contributed by atoms with Gasteiger partial charge in [-0.05, 0) is 13.0 Å². The zero-order valence-corrected chi connectivity index (χ0v) is 12.4. The fraction of sp³-hybridized carbons (Fsp3) is 0.923. The van der Waals surface area contributed by atoms with Gasteiger partial charge in [0.15, 0.2) is 0 Å². The van der Waals surface area contributed by atoms with Crippen LogP contribution in [0.5, 0.6) is 0 Å². The average molecular weight is 232 g/mol. The van der Waals surface area contributed by atoms with E-state index < -0.39 is 0 Å². The smallest absolute Gasteiger partial charge is 0.219 e. The molecule has 0 rings (SSSR count). The molecule has 0 saturated carbocycles. The first-order valence-corrected chi connectivity index (χ1v) is 6.61. The number of nitrogens with one attached hydrogen (secondary N) is 1. The Morgan fingerprint density at radius 2 is 1.62 bits per heavy atom. The van der Waals surface area contributed by atoms with Crippen LogP contribution in [0, 0.1) is 0 Å². The molecule has 0 radical (unpaired) electrons. The third-order valence-corrected chi connectivity index (χ3v) is 1.87. The molecule has 0 atom stereocenters.